The van der Waals surface area contributed by atoms with E-state index in [4.69, 9.17) is 31.5 Å². The number of nitrogens with zero attached hydrogens (tertiary/aromatic N) is 1. The van der Waals surface area contributed by atoms with Gasteiger partial charge in [-0.25, -0.2) is 9.69 Å². The van der Waals surface area contributed by atoms with Crippen LogP contribution < -0.4 is 30.2 Å². The standard InChI is InChI=1S/C23H22ClN3O7/c1-3-8-33-18-7-5-15(11-19(18)32-2)27-22(30)16(21(29)26-23(27)31)10-13-9-14(24)4-6-17(13)34-12-20(25)28/h4-7,9-11H,3,8,12H2,1-2H3,(H2,25,28)(H,26,29,31)/b16-10+. The second-order valence-corrected chi connectivity index (χ2v) is 7.52. The summed E-state index contributed by atoms with van der Waals surface area (Å²) in [7, 11) is 1.43. The van der Waals surface area contributed by atoms with E-state index in [1.165, 1.54) is 43.5 Å². The molecule has 2 aromatic carbocycles. The number of nitrogens with one attached hydrogen (secondary N) is 1. The Morgan fingerprint density at radius 1 is 1.09 bits per heavy atom. The number of amides is 5. The molecular weight excluding hydrogens is 466 g/mol. The van der Waals surface area contributed by atoms with Crippen molar-refractivity contribution < 1.29 is 33.4 Å². The van der Waals surface area contributed by atoms with Gasteiger partial charge in [0, 0.05) is 16.7 Å². The molecule has 0 atom stereocenters. The molecule has 3 N–H and O–H groups in total. The van der Waals surface area contributed by atoms with Crippen LogP contribution in [0.25, 0.3) is 6.08 Å². The van der Waals surface area contributed by atoms with E-state index in [0.29, 0.717) is 23.1 Å². The number of carbonyl (C=O) groups excluding carboxylic acids is 4. The zero-order chi connectivity index (χ0) is 24.8. The SMILES string of the molecule is CCCOc1ccc(N2C(=O)NC(=O)/C(=C\c3cc(Cl)ccc3OCC(N)=O)C2=O)cc1OC. The molecule has 0 spiro atoms. The Kier molecular flexibility index (Phi) is 7.75. The van der Waals surface area contributed by atoms with Gasteiger partial charge in [-0.1, -0.05) is 18.5 Å². The lowest BCUT2D eigenvalue weighted by Gasteiger charge is -2.27. The first-order valence-electron chi connectivity index (χ1n) is 10.2. The molecule has 1 heterocycles. The Labute approximate surface area is 200 Å². The van der Waals surface area contributed by atoms with Crippen molar-refractivity contribution in [2.24, 2.45) is 5.73 Å². The lowest BCUT2D eigenvalue weighted by atomic mass is 10.1. The van der Waals surface area contributed by atoms with Crippen LogP contribution in [0, 0.1) is 0 Å². The molecule has 34 heavy (non-hydrogen) atoms. The summed E-state index contributed by atoms with van der Waals surface area (Å²) in [5, 5.41) is 2.43. The highest BCUT2D eigenvalue weighted by Crippen LogP contribution is 2.34. The number of barbiturate groups is 1. The first-order valence-corrected chi connectivity index (χ1v) is 10.6. The fourth-order valence-corrected chi connectivity index (χ4v) is 3.27. The van der Waals surface area contributed by atoms with E-state index in [2.05, 4.69) is 5.32 Å². The van der Waals surface area contributed by atoms with E-state index in [-0.39, 0.29) is 22.6 Å². The third-order valence-electron chi connectivity index (χ3n) is 4.61. The zero-order valence-corrected chi connectivity index (χ0v) is 19.2. The number of carbonyl (C=O) groups is 4. The summed E-state index contributed by atoms with van der Waals surface area (Å²) in [6, 6.07) is 8.01. The Hall–Kier alpha value is -4.05. The van der Waals surface area contributed by atoms with Gasteiger partial charge in [-0.3, -0.25) is 19.7 Å². The van der Waals surface area contributed by atoms with Gasteiger partial charge in [-0.15, -0.1) is 0 Å². The zero-order valence-electron chi connectivity index (χ0n) is 18.4. The highest BCUT2D eigenvalue weighted by molar-refractivity contribution is 6.39. The molecular formula is C23H22ClN3O7. The Balaban J connectivity index is 2.00. The Morgan fingerprint density at radius 3 is 2.50 bits per heavy atom. The van der Waals surface area contributed by atoms with E-state index >= 15 is 0 Å². The van der Waals surface area contributed by atoms with Crippen molar-refractivity contribution >= 4 is 47.1 Å². The number of halogens is 1. The summed E-state index contributed by atoms with van der Waals surface area (Å²) in [5.41, 5.74) is 5.17. The van der Waals surface area contributed by atoms with Gasteiger partial charge in [0.1, 0.15) is 11.3 Å². The largest absolute Gasteiger partial charge is 0.493 e. The van der Waals surface area contributed by atoms with E-state index in [0.717, 1.165) is 11.3 Å². The van der Waals surface area contributed by atoms with Crippen molar-refractivity contribution in [2.45, 2.75) is 13.3 Å². The summed E-state index contributed by atoms with van der Waals surface area (Å²) in [5.74, 6) is -1.57. The Morgan fingerprint density at radius 2 is 1.82 bits per heavy atom. The molecule has 0 bridgehead atoms. The molecule has 5 amide bonds. The molecule has 2 aromatic rings. The van der Waals surface area contributed by atoms with Crippen LogP contribution >= 0.6 is 11.6 Å². The Bertz CT molecular complexity index is 1180. The van der Waals surface area contributed by atoms with Gasteiger partial charge in [-0.05, 0) is 42.8 Å². The fourth-order valence-electron chi connectivity index (χ4n) is 3.09. The molecule has 11 heteroatoms. The highest BCUT2D eigenvalue weighted by Gasteiger charge is 2.37. The predicted molar refractivity (Wildman–Crippen MR) is 124 cm³/mol. The molecule has 0 aliphatic carbocycles. The second kappa shape index (κ2) is 10.7. The summed E-state index contributed by atoms with van der Waals surface area (Å²) >= 11 is 6.05. The van der Waals surface area contributed by atoms with Crippen molar-refractivity contribution in [3.63, 3.8) is 0 Å². The van der Waals surface area contributed by atoms with Gasteiger partial charge >= 0.3 is 6.03 Å². The average molecular weight is 488 g/mol. The van der Waals surface area contributed by atoms with Crippen LogP contribution in [0.2, 0.25) is 5.02 Å². The molecule has 0 unspecified atom stereocenters. The van der Waals surface area contributed by atoms with Crippen LogP contribution in [0.3, 0.4) is 0 Å². The van der Waals surface area contributed by atoms with Gasteiger partial charge in [0.25, 0.3) is 17.7 Å². The van der Waals surface area contributed by atoms with E-state index in [1.54, 1.807) is 6.07 Å². The van der Waals surface area contributed by atoms with Gasteiger partial charge < -0.3 is 19.9 Å². The number of hydrogen-bond donors (Lipinski definition) is 2. The maximum absolute atomic E-state index is 13.2. The number of anilines is 1. The maximum Gasteiger partial charge on any atom is 0.335 e. The number of imide groups is 2. The lowest BCUT2D eigenvalue weighted by Crippen LogP contribution is -2.54. The van der Waals surface area contributed by atoms with Gasteiger partial charge in [-0.2, -0.15) is 0 Å². The van der Waals surface area contributed by atoms with E-state index < -0.39 is 30.4 Å². The number of primary amides is 1. The van der Waals surface area contributed by atoms with Crippen LogP contribution in [0.4, 0.5) is 10.5 Å². The third-order valence-corrected chi connectivity index (χ3v) is 4.85. The fraction of sp³-hybridized carbons (Fsp3) is 0.217. The lowest BCUT2D eigenvalue weighted by molar-refractivity contribution is -0.123. The summed E-state index contributed by atoms with van der Waals surface area (Å²) in [6.07, 6.45) is 2.00. The summed E-state index contributed by atoms with van der Waals surface area (Å²) in [6.45, 7) is 1.99. The monoisotopic (exact) mass is 487 g/mol. The number of benzene rings is 2. The average Bonchev–Trinajstić information content (AvgIpc) is 2.79. The van der Waals surface area contributed by atoms with Crippen LogP contribution in [-0.2, 0) is 14.4 Å². The van der Waals surface area contributed by atoms with Crippen molar-refractivity contribution in [1.82, 2.24) is 5.32 Å². The summed E-state index contributed by atoms with van der Waals surface area (Å²) in [4.78, 5) is 50.2. The first kappa shape index (κ1) is 24.6. The van der Waals surface area contributed by atoms with Crippen molar-refractivity contribution in [3.8, 4) is 17.2 Å². The molecule has 1 fully saturated rings. The third kappa shape index (κ3) is 5.46. The van der Waals surface area contributed by atoms with Crippen LogP contribution in [0.15, 0.2) is 42.0 Å². The van der Waals surface area contributed by atoms with Crippen LogP contribution in [0.1, 0.15) is 18.9 Å². The first-order chi connectivity index (χ1) is 16.2. The molecule has 0 saturated carbocycles. The van der Waals surface area contributed by atoms with Gasteiger partial charge in [0.05, 0.1) is 19.4 Å². The number of ether oxygens (including phenoxy) is 3. The van der Waals surface area contributed by atoms with E-state index in [1.807, 2.05) is 6.92 Å². The minimum Gasteiger partial charge on any atom is -0.493 e. The number of urea groups is 1. The molecule has 1 saturated heterocycles. The van der Waals surface area contributed by atoms with Crippen LogP contribution in [0.5, 0.6) is 17.2 Å². The predicted octanol–water partition coefficient (Wildman–Crippen LogP) is 2.67. The molecule has 1 aliphatic heterocycles. The van der Waals surface area contributed by atoms with Crippen LogP contribution in [-0.4, -0.2) is 44.1 Å². The second-order valence-electron chi connectivity index (χ2n) is 7.08. The maximum atomic E-state index is 13.2. The molecule has 1 aliphatic rings. The summed E-state index contributed by atoms with van der Waals surface area (Å²) < 4.78 is 16.3. The van der Waals surface area contributed by atoms with Gasteiger partial charge in [0.2, 0.25) is 0 Å². The number of methoxy groups -OCH3 is 1. The minimum absolute atomic E-state index is 0.165. The van der Waals surface area contributed by atoms with Crippen molar-refractivity contribution in [1.29, 1.82) is 0 Å². The quantitative estimate of drug-likeness (QED) is 0.409. The van der Waals surface area contributed by atoms with Gasteiger partial charge in [0.15, 0.2) is 18.1 Å². The minimum atomic E-state index is -0.923. The number of hydrogen-bond acceptors (Lipinski definition) is 7. The van der Waals surface area contributed by atoms with Crippen molar-refractivity contribution in [3.05, 3.63) is 52.6 Å². The highest BCUT2D eigenvalue weighted by atomic mass is 35.5. The number of rotatable bonds is 9. The molecule has 10 nitrogen and oxygen atoms in total. The smallest absolute Gasteiger partial charge is 0.335 e. The topological polar surface area (TPSA) is 137 Å². The van der Waals surface area contributed by atoms with Crippen molar-refractivity contribution in [2.75, 3.05) is 25.2 Å². The molecule has 178 valence electrons. The number of nitrogens with two attached hydrogens (primary N) is 1. The normalized spacial score (nSPS) is 14.7. The molecule has 0 aromatic heterocycles. The molecule has 0 radical (unpaired) electrons. The van der Waals surface area contributed by atoms with E-state index in [9.17, 15) is 19.2 Å². The molecule has 3 rings (SSSR count).